The molecule has 0 radical (unpaired) electrons. The number of nitrogens with zero attached hydrogens (tertiary/aromatic N) is 1. The summed E-state index contributed by atoms with van der Waals surface area (Å²) in [5, 5.41) is 11.2. The molecule has 3 N–H and O–H groups in total. The number of nitrogens with one attached hydrogen (secondary N) is 3. The second kappa shape index (κ2) is 9.91. The van der Waals surface area contributed by atoms with Crippen molar-refractivity contribution in [2.75, 3.05) is 31.1 Å². The maximum atomic E-state index is 12.0. The van der Waals surface area contributed by atoms with E-state index in [9.17, 15) is 13.2 Å². The molecule has 1 amide bonds. The maximum Gasteiger partial charge on any atom is 0.222 e. The third-order valence-electron chi connectivity index (χ3n) is 4.14. The van der Waals surface area contributed by atoms with Gasteiger partial charge in [0.05, 0.1) is 18.1 Å². The van der Waals surface area contributed by atoms with Crippen molar-refractivity contribution in [3.63, 3.8) is 0 Å². The Hall–Kier alpha value is -1.61. The van der Waals surface area contributed by atoms with E-state index in [2.05, 4.69) is 39.3 Å². The van der Waals surface area contributed by atoms with Gasteiger partial charge in [-0.3, -0.25) is 9.79 Å². The molecule has 1 aromatic rings. The van der Waals surface area contributed by atoms with Crippen LogP contribution in [0.15, 0.2) is 22.5 Å². The fraction of sp³-hybridized carbons (Fsp3) is 0.647. The van der Waals surface area contributed by atoms with Gasteiger partial charge >= 0.3 is 0 Å². The minimum atomic E-state index is -2.98. The third-order valence-corrected chi connectivity index (χ3v) is 7.01. The zero-order valence-corrected chi connectivity index (χ0v) is 17.0. The van der Waals surface area contributed by atoms with Crippen LogP contribution in [0.1, 0.15) is 37.5 Å². The third kappa shape index (κ3) is 6.95. The molecule has 0 spiro atoms. The van der Waals surface area contributed by atoms with E-state index in [0.29, 0.717) is 31.4 Å². The van der Waals surface area contributed by atoms with Crippen molar-refractivity contribution < 1.29 is 13.2 Å². The topological polar surface area (TPSA) is 99.7 Å². The van der Waals surface area contributed by atoms with Crippen LogP contribution in [0.2, 0.25) is 0 Å². The second-order valence-corrected chi connectivity index (χ2v) is 9.69. The Bertz CT molecular complexity index is 702. The Morgan fingerprint density at radius 2 is 2.23 bits per heavy atom. The van der Waals surface area contributed by atoms with E-state index in [1.165, 1.54) is 4.88 Å². The summed E-state index contributed by atoms with van der Waals surface area (Å²) in [7, 11) is -2.98. The Labute approximate surface area is 159 Å². The van der Waals surface area contributed by atoms with Crippen molar-refractivity contribution in [2.45, 2.75) is 38.6 Å². The number of guanidine groups is 1. The molecule has 0 saturated carbocycles. The number of thiophene rings is 1. The molecule has 0 aromatic carbocycles. The molecule has 1 aromatic heterocycles. The van der Waals surface area contributed by atoms with Crippen molar-refractivity contribution in [1.82, 2.24) is 16.0 Å². The normalized spacial score (nSPS) is 20.5. The van der Waals surface area contributed by atoms with E-state index in [0.717, 1.165) is 6.54 Å². The van der Waals surface area contributed by atoms with Crippen LogP contribution >= 0.6 is 11.3 Å². The monoisotopic (exact) mass is 400 g/mol. The SMILES string of the molecule is CCNC(=NCC(C)c1cccs1)NCCC(=O)NC1CCS(=O)(=O)C1. The van der Waals surface area contributed by atoms with Crippen LogP contribution in [0.4, 0.5) is 0 Å². The highest BCUT2D eigenvalue weighted by atomic mass is 32.2. The Morgan fingerprint density at radius 1 is 1.42 bits per heavy atom. The molecule has 9 heteroatoms. The predicted octanol–water partition coefficient (Wildman–Crippen LogP) is 1.10. The molecule has 146 valence electrons. The molecule has 2 atom stereocenters. The number of aliphatic imine (C=N–C) groups is 1. The van der Waals surface area contributed by atoms with Crippen molar-refractivity contribution in [2.24, 2.45) is 4.99 Å². The first-order valence-corrected chi connectivity index (χ1v) is 11.6. The Morgan fingerprint density at radius 3 is 2.85 bits per heavy atom. The smallest absolute Gasteiger partial charge is 0.222 e. The lowest BCUT2D eigenvalue weighted by Gasteiger charge is -2.14. The van der Waals surface area contributed by atoms with E-state index in [4.69, 9.17) is 0 Å². The van der Waals surface area contributed by atoms with Crippen LogP contribution in [-0.2, 0) is 14.6 Å². The summed E-state index contributed by atoms with van der Waals surface area (Å²) in [5.41, 5.74) is 0. The molecule has 0 bridgehead atoms. The summed E-state index contributed by atoms with van der Waals surface area (Å²) in [4.78, 5) is 17.8. The number of carbonyl (C=O) groups is 1. The van der Waals surface area contributed by atoms with Gasteiger partial charge in [0.15, 0.2) is 15.8 Å². The largest absolute Gasteiger partial charge is 0.357 e. The van der Waals surface area contributed by atoms with Gasteiger partial charge in [0, 0.05) is 36.3 Å². The highest BCUT2D eigenvalue weighted by Gasteiger charge is 2.28. The van der Waals surface area contributed by atoms with Gasteiger partial charge in [-0.05, 0) is 24.8 Å². The van der Waals surface area contributed by atoms with E-state index >= 15 is 0 Å². The summed E-state index contributed by atoms with van der Waals surface area (Å²) in [6, 6.07) is 3.90. The van der Waals surface area contributed by atoms with Gasteiger partial charge in [0.1, 0.15) is 0 Å². The first kappa shape index (κ1) is 20.7. The maximum absolute atomic E-state index is 12.0. The minimum Gasteiger partial charge on any atom is -0.357 e. The molecule has 1 fully saturated rings. The minimum absolute atomic E-state index is 0.0525. The van der Waals surface area contributed by atoms with E-state index in [1.807, 2.05) is 13.0 Å². The van der Waals surface area contributed by atoms with Crippen LogP contribution in [0.5, 0.6) is 0 Å². The van der Waals surface area contributed by atoms with Gasteiger partial charge in [-0.15, -0.1) is 11.3 Å². The van der Waals surface area contributed by atoms with Crippen molar-refractivity contribution in [3.8, 4) is 0 Å². The number of carbonyl (C=O) groups excluding carboxylic acids is 1. The lowest BCUT2D eigenvalue weighted by molar-refractivity contribution is -0.121. The summed E-state index contributed by atoms with van der Waals surface area (Å²) in [6.07, 6.45) is 0.785. The lowest BCUT2D eigenvalue weighted by atomic mass is 10.1. The van der Waals surface area contributed by atoms with Gasteiger partial charge < -0.3 is 16.0 Å². The number of rotatable bonds is 8. The van der Waals surface area contributed by atoms with Crippen molar-refractivity contribution >= 4 is 33.0 Å². The number of sulfone groups is 1. The summed E-state index contributed by atoms with van der Waals surface area (Å²) >= 11 is 1.73. The summed E-state index contributed by atoms with van der Waals surface area (Å²) in [6.45, 7) is 5.99. The molecule has 26 heavy (non-hydrogen) atoms. The van der Waals surface area contributed by atoms with Crippen LogP contribution in [-0.4, -0.2) is 57.5 Å². The molecule has 0 aliphatic carbocycles. The number of hydrogen-bond acceptors (Lipinski definition) is 5. The highest BCUT2D eigenvalue weighted by Crippen LogP contribution is 2.20. The molecule has 2 unspecified atom stereocenters. The molecule has 7 nitrogen and oxygen atoms in total. The number of amides is 1. The molecule has 1 saturated heterocycles. The molecule has 1 aliphatic rings. The quantitative estimate of drug-likeness (QED) is 0.448. The predicted molar refractivity (Wildman–Crippen MR) is 107 cm³/mol. The fourth-order valence-corrected chi connectivity index (χ4v) is 5.19. The van der Waals surface area contributed by atoms with Gasteiger partial charge in [-0.1, -0.05) is 13.0 Å². The standard InChI is InChI=1S/C17H28N4O3S2/c1-3-18-17(20-11-13(2)15-5-4-9-25-15)19-8-6-16(22)21-14-7-10-26(23,24)12-14/h4-5,9,13-14H,3,6-8,10-12H2,1-2H3,(H,21,22)(H2,18,19,20). The summed E-state index contributed by atoms with van der Waals surface area (Å²) < 4.78 is 22.8. The first-order valence-electron chi connectivity index (χ1n) is 8.95. The van der Waals surface area contributed by atoms with Gasteiger partial charge in [-0.2, -0.15) is 0 Å². The van der Waals surface area contributed by atoms with Crippen molar-refractivity contribution in [3.05, 3.63) is 22.4 Å². The van der Waals surface area contributed by atoms with E-state index in [1.54, 1.807) is 11.3 Å². The van der Waals surface area contributed by atoms with Gasteiger partial charge in [0.2, 0.25) is 5.91 Å². The highest BCUT2D eigenvalue weighted by molar-refractivity contribution is 7.91. The Balaban J connectivity index is 1.73. The molecular weight excluding hydrogens is 372 g/mol. The zero-order chi connectivity index (χ0) is 19.0. The molecular formula is C17H28N4O3S2. The van der Waals surface area contributed by atoms with Crippen LogP contribution < -0.4 is 16.0 Å². The second-order valence-electron chi connectivity index (χ2n) is 6.48. The van der Waals surface area contributed by atoms with E-state index < -0.39 is 9.84 Å². The Kier molecular flexibility index (Phi) is 7.89. The van der Waals surface area contributed by atoms with Gasteiger partial charge in [-0.25, -0.2) is 8.42 Å². The lowest BCUT2D eigenvalue weighted by Crippen LogP contribution is -2.41. The molecule has 1 aliphatic heterocycles. The van der Waals surface area contributed by atoms with Crippen molar-refractivity contribution in [1.29, 1.82) is 0 Å². The first-order chi connectivity index (χ1) is 12.4. The molecule has 2 heterocycles. The van der Waals surface area contributed by atoms with Crippen LogP contribution in [0, 0.1) is 0 Å². The average molecular weight is 401 g/mol. The van der Waals surface area contributed by atoms with E-state index in [-0.39, 0.29) is 29.9 Å². The average Bonchev–Trinajstić information content (AvgIpc) is 3.22. The summed E-state index contributed by atoms with van der Waals surface area (Å²) in [5.74, 6) is 1.11. The molecule has 2 rings (SSSR count). The van der Waals surface area contributed by atoms with Gasteiger partial charge in [0.25, 0.3) is 0 Å². The van der Waals surface area contributed by atoms with Crippen LogP contribution in [0.3, 0.4) is 0 Å². The van der Waals surface area contributed by atoms with Crippen LogP contribution in [0.25, 0.3) is 0 Å². The fourth-order valence-electron chi connectivity index (χ4n) is 2.73. The zero-order valence-electron chi connectivity index (χ0n) is 15.3. The number of hydrogen-bond donors (Lipinski definition) is 3.